The molecule has 2 aromatic carbocycles. The Morgan fingerprint density at radius 2 is 1.92 bits per heavy atom. The standard InChI is InChI=1S/C18H14Cl2N2O4/c19-11-1-3-13(20)14(6-11)22-8-10(5-17(22)23)18(24)21-12-2-4-15-16(7-12)26-9-25-15/h1-4,6-7,10H,5,8-9H2,(H,21,24). The number of anilines is 2. The third-order valence-electron chi connectivity index (χ3n) is 4.33. The van der Waals surface area contributed by atoms with Crippen LogP contribution in [-0.4, -0.2) is 25.2 Å². The van der Waals surface area contributed by atoms with Crippen LogP contribution in [0.3, 0.4) is 0 Å². The average molecular weight is 393 g/mol. The van der Waals surface area contributed by atoms with E-state index in [1.54, 1.807) is 36.4 Å². The molecule has 1 saturated heterocycles. The number of carbonyl (C=O) groups is 2. The minimum atomic E-state index is -0.483. The number of rotatable bonds is 3. The summed E-state index contributed by atoms with van der Waals surface area (Å²) in [5.41, 5.74) is 1.11. The van der Waals surface area contributed by atoms with Crippen LogP contribution < -0.4 is 19.7 Å². The third-order valence-corrected chi connectivity index (χ3v) is 4.89. The fourth-order valence-electron chi connectivity index (χ4n) is 3.03. The SMILES string of the molecule is O=C(Nc1ccc2c(c1)OCO2)C1CC(=O)N(c2cc(Cl)ccc2Cl)C1. The summed E-state index contributed by atoms with van der Waals surface area (Å²) in [7, 11) is 0. The number of amides is 2. The maximum absolute atomic E-state index is 12.6. The van der Waals surface area contributed by atoms with Gasteiger partial charge in [-0.05, 0) is 30.3 Å². The van der Waals surface area contributed by atoms with Crippen LogP contribution >= 0.6 is 23.2 Å². The molecule has 0 saturated carbocycles. The summed E-state index contributed by atoms with van der Waals surface area (Å²) in [4.78, 5) is 26.4. The molecule has 2 aromatic rings. The molecular formula is C18H14Cl2N2O4. The Bertz CT molecular complexity index is 903. The Hall–Kier alpha value is -2.44. The van der Waals surface area contributed by atoms with Crippen molar-refractivity contribution in [2.24, 2.45) is 5.92 Å². The van der Waals surface area contributed by atoms with Crippen molar-refractivity contribution in [1.82, 2.24) is 0 Å². The van der Waals surface area contributed by atoms with E-state index in [4.69, 9.17) is 32.7 Å². The minimum Gasteiger partial charge on any atom is -0.454 e. The lowest BCUT2D eigenvalue weighted by atomic mass is 10.1. The first-order chi connectivity index (χ1) is 12.5. The molecule has 0 spiro atoms. The number of nitrogens with zero attached hydrogens (tertiary/aromatic N) is 1. The number of fused-ring (bicyclic) bond motifs is 1. The molecule has 134 valence electrons. The molecule has 2 amide bonds. The second kappa shape index (κ2) is 6.70. The van der Waals surface area contributed by atoms with Crippen LogP contribution in [0.5, 0.6) is 11.5 Å². The summed E-state index contributed by atoms with van der Waals surface area (Å²) in [5, 5.41) is 3.71. The maximum atomic E-state index is 12.6. The van der Waals surface area contributed by atoms with Gasteiger partial charge in [0.15, 0.2) is 11.5 Å². The summed E-state index contributed by atoms with van der Waals surface area (Å²) in [6.07, 6.45) is 0.110. The molecule has 4 rings (SSSR count). The zero-order valence-electron chi connectivity index (χ0n) is 13.5. The lowest BCUT2D eigenvalue weighted by molar-refractivity contribution is -0.122. The van der Waals surface area contributed by atoms with E-state index in [1.807, 2.05) is 0 Å². The first-order valence-electron chi connectivity index (χ1n) is 7.97. The Morgan fingerprint density at radius 1 is 1.12 bits per heavy atom. The third kappa shape index (κ3) is 3.18. The molecule has 1 fully saturated rings. The fraction of sp³-hybridized carbons (Fsp3) is 0.222. The number of hydrogen-bond donors (Lipinski definition) is 1. The Labute approximate surface area is 159 Å². The fourth-order valence-corrected chi connectivity index (χ4v) is 3.41. The highest BCUT2D eigenvalue weighted by atomic mass is 35.5. The lowest BCUT2D eigenvalue weighted by Crippen LogP contribution is -2.28. The topological polar surface area (TPSA) is 67.9 Å². The predicted octanol–water partition coefficient (Wildman–Crippen LogP) is 3.71. The van der Waals surface area contributed by atoms with E-state index in [9.17, 15) is 9.59 Å². The van der Waals surface area contributed by atoms with E-state index in [2.05, 4.69) is 5.32 Å². The first-order valence-corrected chi connectivity index (χ1v) is 8.73. The molecule has 2 aliphatic heterocycles. The normalized spacial score (nSPS) is 18.3. The number of nitrogens with one attached hydrogen (secondary N) is 1. The summed E-state index contributed by atoms with van der Waals surface area (Å²) < 4.78 is 10.5. The van der Waals surface area contributed by atoms with E-state index in [0.717, 1.165) is 0 Å². The molecule has 1 unspecified atom stereocenters. The largest absolute Gasteiger partial charge is 0.454 e. The highest BCUT2D eigenvalue weighted by Crippen LogP contribution is 2.36. The van der Waals surface area contributed by atoms with E-state index in [0.29, 0.717) is 32.9 Å². The van der Waals surface area contributed by atoms with Gasteiger partial charge in [0, 0.05) is 29.7 Å². The molecule has 0 aromatic heterocycles. The smallest absolute Gasteiger partial charge is 0.231 e. The number of ether oxygens (including phenoxy) is 2. The van der Waals surface area contributed by atoms with Gasteiger partial charge >= 0.3 is 0 Å². The number of halogens is 2. The summed E-state index contributed by atoms with van der Waals surface area (Å²) in [6.45, 7) is 0.411. The van der Waals surface area contributed by atoms with Gasteiger partial charge in [0.05, 0.1) is 16.6 Å². The van der Waals surface area contributed by atoms with E-state index < -0.39 is 5.92 Å². The van der Waals surface area contributed by atoms with Crippen LogP contribution in [0.25, 0.3) is 0 Å². The van der Waals surface area contributed by atoms with Gasteiger partial charge in [0.2, 0.25) is 18.6 Å². The van der Waals surface area contributed by atoms with Gasteiger partial charge < -0.3 is 19.7 Å². The molecule has 1 N–H and O–H groups in total. The summed E-state index contributed by atoms with van der Waals surface area (Å²) >= 11 is 12.2. The number of carbonyl (C=O) groups excluding carboxylic acids is 2. The average Bonchev–Trinajstić information content (AvgIpc) is 3.23. The van der Waals surface area contributed by atoms with Gasteiger partial charge in [-0.15, -0.1) is 0 Å². The molecule has 0 radical (unpaired) electrons. The molecular weight excluding hydrogens is 379 g/mol. The highest BCUT2D eigenvalue weighted by Gasteiger charge is 2.36. The predicted molar refractivity (Wildman–Crippen MR) is 98.1 cm³/mol. The van der Waals surface area contributed by atoms with Gasteiger partial charge in [-0.25, -0.2) is 0 Å². The molecule has 1 atom stereocenters. The van der Waals surface area contributed by atoms with Crippen LogP contribution in [0.15, 0.2) is 36.4 Å². The Kier molecular flexibility index (Phi) is 4.38. The van der Waals surface area contributed by atoms with Gasteiger partial charge in [-0.3, -0.25) is 9.59 Å². The number of benzene rings is 2. The quantitative estimate of drug-likeness (QED) is 0.864. The Balaban J connectivity index is 1.48. The van der Waals surface area contributed by atoms with Crippen molar-refractivity contribution in [3.05, 3.63) is 46.4 Å². The molecule has 26 heavy (non-hydrogen) atoms. The molecule has 2 aliphatic rings. The summed E-state index contributed by atoms with van der Waals surface area (Å²) in [6, 6.07) is 10.1. The Morgan fingerprint density at radius 3 is 2.77 bits per heavy atom. The van der Waals surface area contributed by atoms with E-state index in [-0.39, 0.29) is 31.6 Å². The molecule has 2 heterocycles. The monoisotopic (exact) mass is 392 g/mol. The maximum Gasteiger partial charge on any atom is 0.231 e. The van der Waals surface area contributed by atoms with Crippen LogP contribution in [0.2, 0.25) is 10.0 Å². The van der Waals surface area contributed by atoms with E-state index in [1.165, 1.54) is 4.90 Å². The van der Waals surface area contributed by atoms with Crippen LogP contribution in [0, 0.1) is 5.92 Å². The van der Waals surface area contributed by atoms with Crippen molar-refractivity contribution in [2.75, 3.05) is 23.6 Å². The second-order valence-electron chi connectivity index (χ2n) is 6.06. The zero-order valence-corrected chi connectivity index (χ0v) is 15.0. The van der Waals surface area contributed by atoms with E-state index >= 15 is 0 Å². The van der Waals surface area contributed by atoms with Gasteiger partial charge in [-0.2, -0.15) is 0 Å². The van der Waals surface area contributed by atoms with Crippen molar-refractivity contribution >= 4 is 46.4 Å². The van der Waals surface area contributed by atoms with Crippen molar-refractivity contribution in [3.8, 4) is 11.5 Å². The van der Waals surface area contributed by atoms with Crippen molar-refractivity contribution in [1.29, 1.82) is 0 Å². The van der Waals surface area contributed by atoms with Crippen LogP contribution in [0.4, 0.5) is 11.4 Å². The summed E-state index contributed by atoms with van der Waals surface area (Å²) in [5.74, 6) is 0.333. The molecule has 0 aliphatic carbocycles. The van der Waals surface area contributed by atoms with Gasteiger partial charge in [-0.1, -0.05) is 23.2 Å². The zero-order chi connectivity index (χ0) is 18.3. The van der Waals surface area contributed by atoms with Crippen molar-refractivity contribution < 1.29 is 19.1 Å². The van der Waals surface area contributed by atoms with Crippen LogP contribution in [0.1, 0.15) is 6.42 Å². The van der Waals surface area contributed by atoms with Gasteiger partial charge in [0.25, 0.3) is 0 Å². The molecule has 8 heteroatoms. The first kappa shape index (κ1) is 17.0. The highest BCUT2D eigenvalue weighted by molar-refractivity contribution is 6.36. The molecule has 6 nitrogen and oxygen atoms in total. The number of hydrogen-bond acceptors (Lipinski definition) is 4. The van der Waals surface area contributed by atoms with Crippen LogP contribution in [-0.2, 0) is 9.59 Å². The minimum absolute atomic E-state index is 0.110. The second-order valence-corrected chi connectivity index (χ2v) is 6.90. The van der Waals surface area contributed by atoms with Gasteiger partial charge in [0.1, 0.15) is 0 Å². The van der Waals surface area contributed by atoms with Crippen molar-refractivity contribution in [2.45, 2.75) is 6.42 Å². The molecule has 0 bridgehead atoms. The lowest BCUT2D eigenvalue weighted by Gasteiger charge is -2.18. The van der Waals surface area contributed by atoms with Crippen molar-refractivity contribution in [3.63, 3.8) is 0 Å².